The van der Waals surface area contributed by atoms with Crippen molar-refractivity contribution in [2.45, 2.75) is 0 Å². The van der Waals surface area contributed by atoms with Gasteiger partial charge in [0.25, 0.3) is 0 Å². The summed E-state index contributed by atoms with van der Waals surface area (Å²) in [7, 11) is 0. The van der Waals surface area contributed by atoms with E-state index >= 15 is 0 Å². The van der Waals surface area contributed by atoms with Crippen LogP contribution >= 0.6 is 0 Å². The molecule has 0 aromatic heterocycles. The van der Waals surface area contributed by atoms with Crippen molar-refractivity contribution in [1.29, 1.82) is 0 Å². The Bertz CT molecular complexity index is 515. The Balaban J connectivity index is 0.00000144. The van der Waals surface area contributed by atoms with Gasteiger partial charge in [0.1, 0.15) is 17.2 Å². The molecule has 0 aliphatic heterocycles. The van der Waals surface area contributed by atoms with Gasteiger partial charge in [0.05, 0.1) is 0 Å². The van der Waals surface area contributed by atoms with Gasteiger partial charge in [-0.2, -0.15) is 23.3 Å². The summed E-state index contributed by atoms with van der Waals surface area (Å²) in [5, 5.41) is 26.3. The Kier molecular flexibility index (Phi) is 5.15. The first-order chi connectivity index (χ1) is 7.75. The van der Waals surface area contributed by atoms with Crippen LogP contribution in [-0.4, -0.2) is 10.2 Å². The van der Waals surface area contributed by atoms with E-state index in [1.807, 2.05) is 0 Å². The van der Waals surface area contributed by atoms with Crippen molar-refractivity contribution in [2.75, 3.05) is 0 Å². The Labute approximate surface area is 121 Å². The largest absolute Gasteiger partial charge is 1.00 e. The van der Waals surface area contributed by atoms with Crippen molar-refractivity contribution < 1.29 is 39.8 Å². The molecule has 0 fully saturated rings. The maximum Gasteiger partial charge on any atom is 1.00 e. The average molecular weight is 236 g/mol. The van der Waals surface area contributed by atoms with Gasteiger partial charge in [-0.05, 0) is 17.8 Å². The smallest absolute Gasteiger partial charge is 0.508 e. The van der Waals surface area contributed by atoms with Gasteiger partial charge < -0.3 is 10.2 Å². The molecule has 2 aromatic rings. The van der Waals surface area contributed by atoms with E-state index in [4.69, 9.17) is 5.11 Å². The van der Waals surface area contributed by atoms with Gasteiger partial charge in [0, 0.05) is 6.07 Å². The third-order valence-electron chi connectivity index (χ3n) is 1.93. The molecule has 0 aliphatic carbocycles. The molecule has 0 atom stereocenters. The first kappa shape index (κ1) is 13.7. The first-order valence-electron chi connectivity index (χ1n) is 4.65. The van der Waals surface area contributed by atoms with Crippen LogP contribution in [0.3, 0.4) is 0 Å². The fraction of sp³-hybridized carbons (Fsp3) is 0. The van der Waals surface area contributed by atoms with Crippen LogP contribution in [0.15, 0.2) is 52.7 Å². The standard InChI is InChI=1S/C12H9N2O2.Na/c15-10-6-7-11(12(16)8-10)14-13-9-4-2-1-3-5-9;/h2-8,15-16H;/q-1;+1. The third kappa shape index (κ3) is 3.85. The molecule has 5 heteroatoms. The third-order valence-corrected chi connectivity index (χ3v) is 1.93. The SMILES string of the molecule is Oc1ccc(N=Nc2cc[c-]cc2)c(O)c1.[Na+]. The van der Waals surface area contributed by atoms with Gasteiger partial charge in [-0.1, -0.05) is 0 Å². The molecule has 80 valence electrons. The Morgan fingerprint density at radius 1 is 0.941 bits per heavy atom. The van der Waals surface area contributed by atoms with Crippen LogP contribution in [0.5, 0.6) is 11.5 Å². The number of phenols is 2. The van der Waals surface area contributed by atoms with Gasteiger partial charge >= 0.3 is 29.6 Å². The van der Waals surface area contributed by atoms with E-state index in [9.17, 15) is 5.11 Å². The van der Waals surface area contributed by atoms with E-state index in [0.29, 0.717) is 11.4 Å². The molecule has 17 heavy (non-hydrogen) atoms. The quantitative estimate of drug-likeness (QED) is 0.448. The molecule has 2 N–H and O–H groups in total. The van der Waals surface area contributed by atoms with E-state index in [-0.39, 0.29) is 41.1 Å². The van der Waals surface area contributed by atoms with Crippen LogP contribution in [0.2, 0.25) is 0 Å². The molecule has 0 aliphatic rings. The maximum absolute atomic E-state index is 9.45. The summed E-state index contributed by atoms with van der Waals surface area (Å²) in [5.74, 6) is -0.114. The summed E-state index contributed by atoms with van der Waals surface area (Å²) in [5.41, 5.74) is 0.983. The van der Waals surface area contributed by atoms with Gasteiger partial charge in [0.2, 0.25) is 0 Å². The fourth-order valence-corrected chi connectivity index (χ4v) is 1.15. The van der Waals surface area contributed by atoms with E-state index in [1.165, 1.54) is 18.2 Å². The summed E-state index contributed by atoms with van der Waals surface area (Å²) < 4.78 is 0. The molecule has 0 saturated heterocycles. The van der Waals surface area contributed by atoms with E-state index in [1.54, 1.807) is 24.3 Å². The summed E-state index contributed by atoms with van der Waals surface area (Å²) in [6.07, 6.45) is 0. The van der Waals surface area contributed by atoms with Crippen LogP contribution in [-0.2, 0) is 0 Å². The minimum Gasteiger partial charge on any atom is -0.508 e. The topological polar surface area (TPSA) is 65.2 Å². The van der Waals surface area contributed by atoms with Crippen LogP contribution < -0.4 is 29.6 Å². The predicted octanol–water partition coefficient (Wildman–Crippen LogP) is 0.317. The van der Waals surface area contributed by atoms with Crippen molar-refractivity contribution in [2.24, 2.45) is 10.2 Å². The number of phenolic OH excluding ortho intramolecular Hbond substituents is 2. The Morgan fingerprint density at radius 3 is 2.29 bits per heavy atom. The van der Waals surface area contributed by atoms with Gasteiger partial charge in [0.15, 0.2) is 0 Å². The number of benzene rings is 2. The van der Waals surface area contributed by atoms with Crippen LogP contribution in [0.25, 0.3) is 0 Å². The second-order valence-corrected chi connectivity index (χ2v) is 3.13. The monoisotopic (exact) mass is 236 g/mol. The van der Waals surface area contributed by atoms with E-state index < -0.39 is 0 Å². The molecular weight excluding hydrogens is 227 g/mol. The summed E-state index contributed by atoms with van der Waals surface area (Å²) in [4.78, 5) is 0. The van der Waals surface area contributed by atoms with Crippen molar-refractivity contribution in [3.05, 3.63) is 48.5 Å². The summed E-state index contributed by atoms with van der Waals surface area (Å²) in [6, 6.07) is 14.0. The summed E-state index contributed by atoms with van der Waals surface area (Å²) in [6.45, 7) is 0. The molecule has 0 spiro atoms. The zero-order chi connectivity index (χ0) is 11.4. The number of nitrogens with zero attached hydrogens (tertiary/aromatic N) is 2. The molecular formula is C12H9N2NaO2. The fourth-order valence-electron chi connectivity index (χ4n) is 1.15. The van der Waals surface area contributed by atoms with Crippen LogP contribution in [0.4, 0.5) is 11.4 Å². The van der Waals surface area contributed by atoms with Gasteiger partial charge in [-0.25, -0.2) is 0 Å². The van der Waals surface area contributed by atoms with Crippen LogP contribution in [0, 0.1) is 6.07 Å². The number of rotatable bonds is 2. The van der Waals surface area contributed by atoms with E-state index in [0.717, 1.165) is 0 Å². The van der Waals surface area contributed by atoms with Gasteiger partial charge in [-0.15, -0.1) is 17.2 Å². The Morgan fingerprint density at radius 2 is 1.65 bits per heavy atom. The molecule has 0 unspecified atom stereocenters. The predicted molar refractivity (Wildman–Crippen MR) is 59.2 cm³/mol. The maximum atomic E-state index is 9.45. The average Bonchev–Trinajstić information content (AvgIpc) is 2.29. The number of hydrogen-bond donors (Lipinski definition) is 2. The molecule has 2 aromatic carbocycles. The minimum absolute atomic E-state index is 0. The zero-order valence-electron chi connectivity index (χ0n) is 9.33. The van der Waals surface area contributed by atoms with Crippen LogP contribution in [0.1, 0.15) is 0 Å². The van der Waals surface area contributed by atoms with E-state index in [2.05, 4.69) is 16.3 Å². The van der Waals surface area contributed by atoms with Crippen molar-refractivity contribution in [3.8, 4) is 11.5 Å². The second-order valence-electron chi connectivity index (χ2n) is 3.13. The number of aromatic hydroxyl groups is 2. The van der Waals surface area contributed by atoms with Gasteiger partial charge in [-0.3, -0.25) is 0 Å². The first-order valence-corrected chi connectivity index (χ1v) is 4.65. The molecule has 4 nitrogen and oxygen atoms in total. The zero-order valence-corrected chi connectivity index (χ0v) is 11.3. The molecule has 0 bridgehead atoms. The molecule has 0 radical (unpaired) electrons. The number of hydrogen-bond acceptors (Lipinski definition) is 4. The molecule has 0 heterocycles. The molecule has 0 saturated carbocycles. The molecule has 2 rings (SSSR count). The number of azo groups is 1. The normalized spacial score (nSPS) is 10.1. The molecule has 0 amide bonds. The minimum atomic E-state index is -0.105. The van der Waals surface area contributed by atoms with Crippen molar-refractivity contribution in [3.63, 3.8) is 0 Å². The second kappa shape index (κ2) is 6.39. The van der Waals surface area contributed by atoms with Crippen molar-refractivity contribution in [1.82, 2.24) is 0 Å². The Hall–Kier alpha value is -1.36. The van der Waals surface area contributed by atoms with Crippen molar-refractivity contribution >= 4 is 11.4 Å². The summed E-state index contributed by atoms with van der Waals surface area (Å²) >= 11 is 0.